The summed E-state index contributed by atoms with van der Waals surface area (Å²) in [5.41, 5.74) is 0. The van der Waals surface area contributed by atoms with E-state index in [4.69, 9.17) is 16.7 Å². The molecule has 0 amide bonds. The first-order valence-electron chi connectivity index (χ1n) is 2.87. The Bertz CT molecular complexity index is 223. The fourth-order valence-corrected chi connectivity index (χ4v) is 0.819. The number of hydrogen-bond donors (Lipinski definition) is 1. The minimum atomic E-state index is -1.20. The molecule has 1 heterocycles. The van der Waals surface area contributed by atoms with E-state index in [9.17, 15) is 9.59 Å². The van der Waals surface area contributed by atoms with Gasteiger partial charge in [0.05, 0.1) is 0 Å². The standard InChI is InChI=1S/C6H5ClO4/c7-5(6(9)10)3-1-2-4(8)11-3/h1-3,5H,(H,9,10)/t3-,5+/m1/s1. The lowest BCUT2D eigenvalue weighted by Crippen LogP contribution is -2.28. The van der Waals surface area contributed by atoms with Crippen LogP contribution in [0.5, 0.6) is 0 Å². The Balaban J connectivity index is 2.57. The van der Waals surface area contributed by atoms with E-state index in [0.717, 1.165) is 6.08 Å². The van der Waals surface area contributed by atoms with Crippen LogP contribution in [0.3, 0.4) is 0 Å². The minimum Gasteiger partial charge on any atom is -0.480 e. The van der Waals surface area contributed by atoms with E-state index in [-0.39, 0.29) is 0 Å². The van der Waals surface area contributed by atoms with E-state index < -0.39 is 23.4 Å². The predicted molar refractivity (Wildman–Crippen MR) is 36.3 cm³/mol. The van der Waals surface area contributed by atoms with Gasteiger partial charge < -0.3 is 9.84 Å². The molecular weight excluding hydrogens is 172 g/mol. The van der Waals surface area contributed by atoms with Crippen molar-refractivity contribution in [3.8, 4) is 0 Å². The highest BCUT2D eigenvalue weighted by Gasteiger charge is 2.29. The molecule has 1 N–H and O–H groups in total. The summed E-state index contributed by atoms with van der Waals surface area (Å²) < 4.78 is 4.52. The first-order valence-corrected chi connectivity index (χ1v) is 3.30. The fraction of sp³-hybridized carbons (Fsp3) is 0.333. The molecule has 0 aliphatic carbocycles. The zero-order valence-electron chi connectivity index (χ0n) is 5.36. The van der Waals surface area contributed by atoms with Gasteiger partial charge >= 0.3 is 11.9 Å². The van der Waals surface area contributed by atoms with Crippen molar-refractivity contribution in [3.63, 3.8) is 0 Å². The molecule has 0 spiro atoms. The normalized spacial score (nSPS) is 24.8. The average Bonchev–Trinajstić information content (AvgIpc) is 2.34. The summed E-state index contributed by atoms with van der Waals surface area (Å²) in [5, 5.41) is 7.17. The number of esters is 1. The molecule has 2 atom stereocenters. The van der Waals surface area contributed by atoms with Gasteiger partial charge in [-0.3, -0.25) is 4.79 Å². The highest BCUT2D eigenvalue weighted by Crippen LogP contribution is 2.14. The van der Waals surface area contributed by atoms with Crippen LogP contribution < -0.4 is 0 Å². The minimum absolute atomic E-state index is 0.554. The number of hydrogen-bond acceptors (Lipinski definition) is 3. The smallest absolute Gasteiger partial charge is 0.331 e. The first-order chi connectivity index (χ1) is 5.11. The molecule has 0 unspecified atom stereocenters. The number of halogens is 1. The summed E-state index contributed by atoms with van der Waals surface area (Å²) in [6.07, 6.45) is 1.65. The average molecular weight is 177 g/mol. The fourth-order valence-electron chi connectivity index (χ4n) is 0.684. The Kier molecular flexibility index (Phi) is 2.14. The Morgan fingerprint density at radius 1 is 1.82 bits per heavy atom. The number of carboxylic acids is 1. The first kappa shape index (κ1) is 8.07. The third kappa shape index (κ3) is 1.71. The number of ether oxygens (including phenoxy) is 1. The largest absolute Gasteiger partial charge is 0.480 e. The molecule has 0 aromatic heterocycles. The Morgan fingerprint density at radius 3 is 2.82 bits per heavy atom. The van der Waals surface area contributed by atoms with Crippen molar-refractivity contribution in [2.75, 3.05) is 0 Å². The zero-order valence-corrected chi connectivity index (χ0v) is 6.12. The van der Waals surface area contributed by atoms with Crippen LogP contribution >= 0.6 is 11.6 Å². The van der Waals surface area contributed by atoms with E-state index in [1.807, 2.05) is 0 Å². The maximum atomic E-state index is 10.4. The molecule has 4 nitrogen and oxygen atoms in total. The summed E-state index contributed by atoms with van der Waals surface area (Å²) >= 11 is 5.36. The van der Waals surface area contributed by atoms with E-state index in [0.29, 0.717) is 0 Å². The molecule has 0 saturated heterocycles. The van der Waals surface area contributed by atoms with Gasteiger partial charge in [0.15, 0.2) is 5.38 Å². The van der Waals surface area contributed by atoms with Crippen molar-refractivity contribution in [2.45, 2.75) is 11.5 Å². The monoisotopic (exact) mass is 176 g/mol. The molecule has 1 rings (SSSR count). The highest BCUT2D eigenvalue weighted by atomic mass is 35.5. The third-order valence-electron chi connectivity index (χ3n) is 1.20. The topological polar surface area (TPSA) is 63.6 Å². The molecule has 1 aliphatic heterocycles. The van der Waals surface area contributed by atoms with E-state index in [2.05, 4.69) is 4.74 Å². The molecular formula is C6H5ClO4. The molecule has 0 saturated carbocycles. The predicted octanol–water partition coefficient (Wildman–Crippen LogP) is 0.160. The Morgan fingerprint density at radius 2 is 2.45 bits per heavy atom. The second-order valence-electron chi connectivity index (χ2n) is 2.00. The molecule has 0 radical (unpaired) electrons. The maximum absolute atomic E-state index is 10.4. The van der Waals surface area contributed by atoms with E-state index >= 15 is 0 Å². The molecule has 0 aromatic rings. The molecule has 0 fully saturated rings. The van der Waals surface area contributed by atoms with Crippen LogP contribution in [0, 0.1) is 0 Å². The van der Waals surface area contributed by atoms with Crippen molar-refractivity contribution in [1.29, 1.82) is 0 Å². The number of rotatable bonds is 2. The number of carbonyl (C=O) groups is 2. The number of aliphatic carboxylic acids is 1. The molecule has 5 heteroatoms. The summed E-state index contributed by atoms with van der Waals surface area (Å²) in [6, 6.07) is 0. The van der Waals surface area contributed by atoms with Crippen molar-refractivity contribution >= 4 is 23.5 Å². The van der Waals surface area contributed by atoms with Crippen LogP contribution in [0.25, 0.3) is 0 Å². The van der Waals surface area contributed by atoms with Crippen molar-refractivity contribution < 1.29 is 19.4 Å². The molecule has 11 heavy (non-hydrogen) atoms. The summed E-state index contributed by atoms with van der Waals surface area (Å²) in [5.74, 6) is -1.75. The van der Waals surface area contributed by atoms with Crippen molar-refractivity contribution in [2.24, 2.45) is 0 Å². The lowest BCUT2D eigenvalue weighted by molar-refractivity contribution is -0.143. The third-order valence-corrected chi connectivity index (χ3v) is 1.63. The number of carbonyl (C=O) groups excluding carboxylic acids is 1. The lowest BCUT2D eigenvalue weighted by atomic mass is 10.2. The van der Waals surface area contributed by atoms with Gasteiger partial charge in [-0.05, 0) is 6.08 Å². The zero-order chi connectivity index (χ0) is 8.43. The van der Waals surface area contributed by atoms with Crippen molar-refractivity contribution in [1.82, 2.24) is 0 Å². The van der Waals surface area contributed by atoms with Crippen LogP contribution in [0.4, 0.5) is 0 Å². The lowest BCUT2D eigenvalue weighted by Gasteiger charge is -2.09. The Labute approximate surface area is 67.4 Å². The van der Waals surface area contributed by atoms with Crippen molar-refractivity contribution in [3.05, 3.63) is 12.2 Å². The van der Waals surface area contributed by atoms with Crippen LogP contribution in [0.15, 0.2) is 12.2 Å². The molecule has 1 aliphatic rings. The maximum Gasteiger partial charge on any atom is 0.331 e. The van der Waals surface area contributed by atoms with Crippen LogP contribution in [-0.4, -0.2) is 28.5 Å². The van der Waals surface area contributed by atoms with Gasteiger partial charge in [-0.2, -0.15) is 0 Å². The second kappa shape index (κ2) is 2.92. The summed E-state index contributed by atoms with van der Waals surface area (Å²) in [4.78, 5) is 20.7. The quantitative estimate of drug-likeness (QED) is 0.481. The molecule has 0 aromatic carbocycles. The SMILES string of the molecule is O=C1C=C[C@H]([C@H](Cl)C(=O)O)O1. The van der Waals surface area contributed by atoms with E-state index in [1.54, 1.807) is 0 Å². The van der Waals surface area contributed by atoms with Gasteiger partial charge in [0.25, 0.3) is 0 Å². The Hall–Kier alpha value is -1.03. The van der Waals surface area contributed by atoms with Crippen LogP contribution in [0.1, 0.15) is 0 Å². The van der Waals surface area contributed by atoms with Gasteiger partial charge in [-0.25, -0.2) is 4.79 Å². The van der Waals surface area contributed by atoms with Gasteiger partial charge in [0.2, 0.25) is 0 Å². The molecule has 0 bridgehead atoms. The number of carboxylic acid groups (broad SMARTS) is 1. The number of cyclic esters (lactones) is 1. The summed E-state index contributed by atoms with van der Waals surface area (Å²) in [6.45, 7) is 0. The summed E-state index contributed by atoms with van der Waals surface area (Å²) in [7, 11) is 0. The van der Waals surface area contributed by atoms with Gasteiger partial charge in [0.1, 0.15) is 6.10 Å². The second-order valence-corrected chi connectivity index (χ2v) is 2.47. The van der Waals surface area contributed by atoms with Gasteiger partial charge in [-0.15, -0.1) is 11.6 Å². The van der Waals surface area contributed by atoms with Gasteiger partial charge in [0, 0.05) is 6.08 Å². The van der Waals surface area contributed by atoms with Gasteiger partial charge in [-0.1, -0.05) is 0 Å². The molecule has 60 valence electrons. The highest BCUT2D eigenvalue weighted by molar-refractivity contribution is 6.30. The van der Waals surface area contributed by atoms with Crippen LogP contribution in [0.2, 0.25) is 0 Å². The van der Waals surface area contributed by atoms with E-state index in [1.165, 1.54) is 6.08 Å². The number of alkyl halides is 1. The van der Waals surface area contributed by atoms with Crippen LogP contribution in [-0.2, 0) is 14.3 Å².